The van der Waals surface area contributed by atoms with Crippen molar-refractivity contribution in [2.45, 2.75) is 13.8 Å². The standard InChI is InChI=1S/C15H15N3O2/c1-10-5-6-13(12(8-10)4-3-7-16)18-15(19)14-11(2)9-17-20-14/h5-6,8-9H,7,16H2,1-2H3,(H,18,19). The molecule has 0 aliphatic heterocycles. The quantitative estimate of drug-likeness (QED) is 0.815. The van der Waals surface area contributed by atoms with Crippen molar-refractivity contribution in [3.05, 3.63) is 46.8 Å². The fourth-order valence-corrected chi connectivity index (χ4v) is 1.71. The zero-order chi connectivity index (χ0) is 14.5. The molecule has 1 heterocycles. The first-order chi connectivity index (χ1) is 9.61. The molecule has 0 spiro atoms. The lowest BCUT2D eigenvalue weighted by Crippen LogP contribution is -2.13. The number of amides is 1. The Labute approximate surface area is 117 Å². The van der Waals surface area contributed by atoms with Gasteiger partial charge in [0.1, 0.15) is 0 Å². The van der Waals surface area contributed by atoms with E-state index < -0.39 is 0 Å². The Morgan fingerprint density at radius 2 is 2.25 bits per heavy atom. The summed E-state index contributed by atoms with van der Waals surface area (Å²) in [6.45, 7) is 3.98. The third kappa shape index (κ3) is 3.05. The minimum Gasteiger partial charge on any atom is -0.351 e. The molecule has 0 atom stereocenters. The number of rotatable bonds is 2. The SMILES string of the molecule is Cc1ccc(NC(=O)c2oncc2C)c(C#CCN)c1. The molecule has 1 amide bonds. The van der Waals surface area contributed by atoms with Gasteiger partial charge in [0.05, 0.1) is 18.4 Å². The Balaban J connectivity index is 2.29. The summed E-state index contributed by atoms with van der Waals surface area (Å²) in [5.74, 6) is 5.58. The summed E-state index contributed by atoms with van der Waals surface area (Å²) in [6.07, 6.45) is 1.50. The minimum absolute atomic E-state index is 0.198. The number of hydrogen-bond donors (Lipinski definition) is 2. The van der Waals surface area contributed by atoms with Crippen LogP contribution in [0.1, 0.15) is 27.2 Å². The first-order valence-electron chi connectivity index (χ1n) is 6.14. The van der Waals surface area contributed by atoms with E-state index in [0.717, 1.165) is 11.1 Å². The summed E-state index contributed by atoms with van der Waals surface area (Å²) in [5, 5.41) is 6.36. The third-order valence-electron chi connectivity index (χ3n) is 2.70. The average Bonchev–Trinajstić information content (AvgIpc) is 2.85. The topological polar surface area (TPSA) is 81.2 Å². The van der Waals surface area contributed by atoms with Crippen LogP contribution in [0, 0.1) is 25.7 Å². The van der Waals surface area contributed by atoms with Gasteiger partial charge in [0.2, 0.25) is 5.76 Å². The Bertz CT molecular complexity index is 693. The van der Waals surface area contributed by atoms with Gasteiger partial charge in [-0.25, -0.2) is 0 Å². The number of anilines is 1. The number of nitrogens with zero attached hydrogens (tertiary/aromatic N) is 1. The van der Waals surface area contributed by atoms with Crippen LogP contribution < -0.4 is 11.1 Å². The Kier molecular flexibility index (Phi) is 4.18. The van der Waals surface area contributed by atoms with E-state index >= 15 is 0 Å². The second-order valence-corrected chi connectivity index (χ2v) is 4.35. The van der Waals surface area contributed by atoms with E-state index in [1.54, 1.807) is 13.0 Å². The average molecular weight is 269 g/mol. The van der Waals surface area contributed by atoms with Crippen LogP contribution in [0.2, 0.25) is 0 Å². The number of carbonyl (C=O) groups excluding carboxylic acids is 1. The second-order valence-electron chi connectivity index (χ2n) is 4.35. The van der Waals surface area contributed by atoms with Crippen molar-refractivity contribution in [1.29, 1.82) is 0 Å². The molecule has 1 aromatic heterocycles. The molecular formula is C15H15N3O2. The fraction of sp³-hybridized carbons (Fsp3) is 0.200. The van der Waals surface area contributed by atoms with E-state index in [2.05, 4.69) is 22.3 Å². The van der Waals surface area contributed by atoms with Crippen LogP contribution in [0.5, 0.6) is 0 Å². The summed E-state index contributed by atoms with van der Waals surface area (Å²) >= 11 is 0. The predicted molar refractivity (Wildman–Crippen MR) is 76.3 cm³/mol. The van der Waals surface area contributed by atoms with Gasteiger partial charge in [-0.05, 0) is 31.5 Å². The first kappa shape index (κ1) is 13.8. The molecule has 0 radical (unpaired) electrons. The molecule has 20 heavy (non-hydrogen) atoms. The van der Waals surface area contributed by atoms with E-state index in [4.69, 9.17) is 10.3 Å². The molecule has 2 aromatic rings. The van der Waals surface area contributed by atoms with Crippen LogP contribution in [0.25, 0.3) is 0 Å². The van der Waals surface area contributed by atoms with Crippen LogP contribution in [0.3, 0.4) is 0 Å². The number of aryl methyl sites for hydroxylation is 2. The van der Waals surface area contributed by atoms with Crippen molar-refractivity contribution in [1.82, 2.24) is 5.16 Å². The van der Waals surface area contributed by atoms with Gasteiger partial charge in [-0.2, -0.15) is 0 Å². The van der Waals surface area contributed by atoms with Crippen LogP contribution >= 0.6 is 0 Å². The fourth-order valence-electron chi connectivity index (χ4n) is 1.71. The van der Waals surface area contributed by atoms with E-state index in [1.165, 1.54) is 6.20 Å². The molecule has 5 nitrogen and oxygen atoms in total. The Morgan fingerprint density at radius 3 is 2.90 bits per heavy atom. The highest BCUT2D eigenvalue weighted by Crippen LogP contribution is 2.18. The van der Waals surface area contributed by atoms with Crippen molar-refractivity contribution in [2.24, 2.45) is 5.73 Å². The highest BCUT2D eigenvalue weighted by molar-refractivity contribution is 6.03. The lowest BCUT2D eigenvalue weighted by atomic mass is 10.1. The molecule has 0 saturated carbocycles. The maximum Gasteiger partial charge on any atom is 0.294 e. The summed E-state index contributed by atoms with van der Waals surface area (Å²) < 4.78 is 4.92. The smallest absolute Gasteiger partial charge is 0.294 e. The number of nitrogens with one attached hydrogen (secondary N) is 1. The van der Waals surface area contributed by atoms with Gasteiger partial charge in [0.15, 0.2) is 0 Å². The van der Waals surface area contributed by atoms with Gasteiger partial charge in [-0.1, -0.05) is 23.1 Å². The summed E-state index contributed by atoms with van der Waals surface area (Å²) in [5.41, 5.74) is 8.46. The summed E-state index contributed by atoms with van der Waals surface area (Å²) in [4.78, 5) is 12.1. The highest BCUT2D eigenvalue weighted by Gasteiger charge is 2.15. The van der Waals surface area contributed by atoms with Crippen molar-refractivity contribution in [2.75, 3.05) is 11.9 Å². The van der Waals surface area contributed by atoms with Crippen molar-refractivity contribution in [3.8, 4) is 11.8 Å². The maximum absolute atomic E-state index is 12.1. The molecule has 0 unspecified atom stereocenters. The maximum atomic E-state index is 12.1. The van der Waals surface area contributed by atoms with E-state index in [-0.39, 0.29) is 18.2 Å². The molecule has 0 aliphatic rings. The molecule has 102 valence electrons. The number of carbonyl (C=O) groups is 1. The van der Waals surface area contributed by atoms with E-state index in [9.17, 15) is 4.79 Å². The van der Waals surface area contributed by atoms with Gasteiger partial charge in [-0.15, -0.1) is 0 Å². The third-order valence-corrected chi connectivity index (χ3v) is 2.70. The molecule has 2 rings (SSSR count). The van der Waals surface area contributed by atoms with Gasteiger partial charge >= 0.3 is 0 Å². The van der Waals surface area contributed by atoms with Crippen molar-refractivity contribution >= 4 is 11.6 Å². The number of nitrogens with two attached hydrogens (primary N) is 1. The monoisotopic (exact) mass is 269 g/mol. The number of hydrogen-bond acceptors (Lipinski definition) is 4. The molecule has 0 aliphatic carbocycles. The molecule has 5 heteroatoms. The van der Waals surface area contributed by atoms with Crippen LogP contribution in [-0.4, -0.2) is 17.6 Å². The van der Waals surface area contributed by atoms with Crippen molar-refractivity contribution < 1.29 is 9.32 Å². The number of aromatic nitrogens is 1. The van der Waals surface area contributed by atoms with Gasteiger partial charge in [0, 0.05) is 11.1 Å². The van der Waals surface area contributed by atoms with Gasteiger partial charge < -0.3 is 15.6 Å². The lowest BCUT2D eigenvalue weighted by molar-refractivity contribution is 0.0987. The van der Waals surface area contributed by atoms with Crippen LogP contribution in [0.15, 0.2) is 28.9 Å². The summed E-state index contributed by atoms with van der Waals surface area (Å²) in [6, 6.07) is 5.60. The molecule has 1 aromatic carbocycles. The number of benzene rings is 1. The highest BCUT2D eigenvalue weighted by atomic mass is 16.5. The zero-order valence-corrected chi connectivity index (χ0v) is 11.4. The normalized spacial score (nSPS) is 9.75. The Hall–Kier alpha value is -2.58. The lowest BCUT2D eigenvalue weighted by Gasteiger charge is -2.07. The molecule has 3 N–H and O–H groups in total. The first-order valence-corrected chi connectivity index (χ1v) is 6.14. The minimum atomic E-state index is -0.348. The van der Waals surface area contributed by atoms with Crippen LogP contribution in [-0.2, 0) is 0 Å². The second kappa shape index (κ2) is 6.04. The molecule has 0 fully saturated rings. The predicted octanol–water partition coefficient (Wildman–Crippen LogP) is 1.85. The molecule has 0 bridgehead atoms. The summed E-state index contributed by atoms with van der Waals surface area (Å²) in [7, 11) is 0. The molecular weight excluding hydrogens is 254 g/mol. The largest absolute Gasteiger partial charge is 0.351 e. The Morgan fingerprint density at radius 1 is 1.45 bits per heavy atom. The van der Waals surface area contributed by atoms with Gasteiger partial charge in [-0.3, -0.25) is 4.79 Å². The van der Waals surface area contributed by atoms with E-state index in [0.29, 0.717) is 11.3 Å². The molecule has 0 saturated heterocycles. The van der Waals surface area contributed by atoms with Crippen LogP contribution in [0.4, 0.5) is 5.69 Å². The van der Waals surface area contributed by atoms with Gasteiger partial charge in [0.25, 0.3) is 5.91 Å². The van der Waals surface area contributed by atoms with Crippen molar-refractivity contribution in [3.63, 3.8) is 0 Å². The zero-order valence-electron chi connectivity index (χ0n) is 11.4. The van der Waals surface area contributed by atoms with E-state index in [1.807, 2.05) is 19.1 Å².